The number of nitrogens with zero attached hydrogens (tertiary/aromatic N) is 1. The summed E-state index contributed by atoms with van der Waals surface area (Å²) in [7, 11) is -3.25. The second kappa shape index (κ2) is 8.08. The molecular formula is C11H23N3O3S2. The van der Waals surface area contributed by atoms with E-state index in [1.54, 1.807) is 11.8 Å². The summed E-state index contributed by atoms with van der Waals surface area (Å²) >= 11 is 1.76. The van der Waals surface area contributed by atoms with Gasteiger partial charge in [-0.3, -0.25) is 4.79 Å². The van der Waals surface area contributed by atoms with E-state index >= 15 is 0 Å². The maximum absolute atomic E-state index is 12.0. The second-order valence-corrected chi connectivity index (χ2v) is 7.83. The molecule has 1 rings (SSSR count). The Balaban J connectivity index is 2.33. The first-order valence-electron chi connectivity index (χ1n) is 6.56. The molecule has 1 atom stereocenters. The van der Waals surface area contributed by atoms with E-state index in [4.69, 9.17) is 5.73 Å². The molecule has 0 saturated carbocycles. The highest BCUT2D eigenvalue weighted by Gasteiger charge is 2.24. The lowest BCUT2D eigenvalue weighted by Crippen LogP contribution is -2.45. The molecule has 0 spiro atoms. The van der Waals surface area contributed by atoms with Crippen LogP contribution in [0.5, 0.6) is 0 Å². The quantitative estimate of drug-likeness (QED) is 0.668. The number of carbonyl (C=O) groups is 1. The van der Waals surface area contributed by atoms with Crippen LogP contribution < -0.4 is 11.1 Å². The highest BCUT2D eigenvalue weighted by atomic mass is 32.2. The predicted molar refractivity (Wildman–Crippen MR) is 78.6 cm³/mol. The highest BCUT2D eigenvalue weighted by Crippen LogP contribution is 2.12. The number of nitrogens with one attached hydrogen (secondary N) is 1. The molecule has 6 nitrogen and oxygen atoms in total. The average Bonchev–Trinajstić information content (AvgIpc) is 2.39. The number of hydrogen-bond donors (Lipinski definition) is 2. The summed E-state index contributed by atoms with van der Waals surface area (Å²) in [4.78, 5) is 11.5. The average molecular weight is 309 g/mol. The number of nitrogens with two attached hydrogens (primary N) is 1. The topological polar surface area (TPSA) is 92.5 Å². The first kappa shape index (κ1) is 16.7. The maximum atomic E-state index is 12.0. The first-order chi connectivity index (χ1) is 8.97. The van der Waals surface area contributed by atoms with Crippen molar-refractivity contribution in [2.24, 2.45) is 5.73 Å². The van der Waals surface area contributed by atoms with E-state index in [0.717, 1.165) is 17.9 Å². The molecular weight excluding hydrogens is 286 g/mol. The summed E-state index contributed by atoms with van der Waals surface area (Å²) in [6.45, 7) is 3.21. The van der Waals surface area contributed by atoms with E-state index in [1.165, 1.54) is 4.31 Å². The van der Waals surface area contributed by atoms with Crippen molar-refractivity contribution in [3.05, 3.63) is 0 Å². The van der Waals surface area contributed by atoms with Gasteiger partial charge in [-0.1, -0.05) is 13.3 Å². The van der Waals surface area contributed by atoms with Gasteiger partial charge in [-0.05, 0) is 6.42 Å². The fourth-order valence-electron chi connectivity index (χ4n) is 1.83. The van der Waals surface area contributed by atoms with Crippen LogP contribution in [0.4, 0.5) is 0 Å². The monoisotopic (exact) mass is 309 g/mol. The molecule has 1 saturated heterocycles. The van der Waals surface area contributed by atoms with Gasteiger partial charge in [0.05, 0.1) is 11.8 Å². The van der Waals surface area contributed by atoms with Crippen LogP contribution in [0.3, 0.4) is 0 Å². The SMILES string of the molecule is CCCC(N)C(=O)NCCS(=O)(=O)N1CCSCC1. The third kappa shape index (κ3) is 5.68. The number of carbonyl (C=O) groups excluding carboxylic acids is 1. The van der Waals surface area contributed by atoms with E-state index < -0.39 is 16.1 Å². The number of sulfonamides is 1. The summed E-state index contributed by atoms with van der Waals surface area (Å²) in [5, 5.41) is 2.59. The van der Waals surface area contributed by atoms with Gasteiger partial charge < -0.3 is 11.1 Å². The van der Waals surface area contributed by atoms with Crippen LogP contribution in [0.25, 0.3) is 0 Å². The van der Waals surface area contributed by atoms with Crippen LogP contribution in [0.1, 0.15) is 19.8 Å². The molecule has 0 aliphatic carbocycles. The molecule has 1 heterocycles. The molecule has 3 N–H and O–H groups in total. The largest absolute Gasteiger partial charge is 0.354 e. The van der Waals surface area contributed by atoms with Crippen molar-refractivity contribution >= 4 is 27.7 Å². The number of amides is 1. The maximum Gasteiger partial charge on any atom is 0.236 e. The van der Waals surface area contributed by atoms with Crippen LogP contribution in [0.2, 0.25) is 0 Å². The second-order valence-electron chi connectivity index (χ2n) is 4.51. The van der Waals surface area contributed by atoms with E-state index in [2.05, 4.69) is 5.32 Å². The molecule has 112 valence electrons. The van der Waals surface area contributed by atoms with Gasteiger partial charge in [-0.25, -0.2) is 12.7 Å². The molecule has 0 bridgehead atoms. The van der Waals surface area contributed by atoms with E-state index in [1.807, 2.05) is 6.92 Å². The molecule has 1 amide bonds. The Labute approximate surface area is 119 Å². The fourth-order valence-corrected chi connectivity index (χ4v) is 4.32. The lowest BCUT2D eigenvalue weighted by Gasteiger charge is -2.25. The van der Waals surface area contributed by atoms with E-state index in [0.29, 0.717) is 19.5 Å². The van der Waals surface area contributed by atoms with Crippen molar-refractivity contribution in [2.45, 2.75) is 25.8 Å². The number of rotatable bonds is 7. The number of hydrogen-bond acceptors (Lipinski definition) is 5. The van der Waals surface area contributed by atoms with Crippen molar-refractivity contribution in [3.63, 3.8) is 0 Å². The van der Waals surface area contributed by atoms with Crippen molar-refractivity contribution in [3.8, 4) is 0 Å². The molecule has 1 aliphatic heterocycles. The lowest BCUT2D eigenvalue weighted by atomic mass is 10.2. The minimum atomic E-state index is -3.25. The standard InChI is InChI=1S/C11H23N3O3S2/c1-2-3-10(12)11(15)13-4-9-19(16,17)14-5-7-18-8-6-14/h10H,2-9,12H2,1H3,(H,13,15). The number of thioether (sulfide) groups is 1. The molecule has 8 heteroatoms. The normalized spacial score (nSPS) is 19.1. The van der Waals surface area contributed by atoms with Crippen LogP contribution >= 0.6 is 11.8 Å². The van der Waals surface area contributed by atoms with Gasteiger partial charge in [-0.2, -0.15) is 11.8 Å². The molecule has 0 radical (unpaired) electrons. The van der Waals surface area contributed by atoms with Gasteiger partial charge in [0.25, 0.3) is 0 Å². The molecule has 0 aromatic carbocycles. The summed E-state index contributed by atoms with van der Waals surface area (Å²) in [6.07, 6.45) is 1.44. The zero-order chi connectivity index (χ0) is 14.3. The summed E-state index contributed by atoms with van der Waals surface area (Å²) < 4.78 is 25.5. The molecule has 0 aromatic rings. The Bertz CT molecular complexity index is 381. The van der Waals surface area contributed by atoms with Crippen molar-refractivity contribution < 1.29 is 13.2 Å². The Morgan fingerprint density at radius 1 is 1.42 bits per heavy atom. The van der Waals surface area contributed by atoms with Gasteiger partial charge in [0.15, 0.2) is 0 Å². The van der Waals surface area contributed by atoms with E-state index in [9.17, 15) is 13.2 Å². The molecule has 19 heavy (non-hydrogen) atoms. The third-order valence-corrected chi connectivity index (χ3v) is 5.77. The van der Waals surface area contributed by atoms with Crippen molar-refractivity contribution in [1.82, 2.24) is 9.62 Å². The highest BCUT2D eigenvalue weighted by molar-refractivity contribution is 7.99. The minimum absolute atomic E-state index is 0.0533. The van der Waals surface area contributed by atoms with Gasteiger partial charge in [0, 0.05) is 31.1 Å². The zero-order valence-corrected chi connectivity index (χ0v) is 12.9. The van der Waals surface area contributed by atoms with Crippen LogP contribution in [0.15, 0.2) is 0 Å². The van der Waals surface area contributed by atoms with Crippen molar-refractivity contribution in [2.75, 3.05) is 36.9 Å². The van der Waals surface area contributed by atoms with Crippen LogP contribution in [-0.4, -0.2) is 61.6 Å². The van der Waals surface area contributed by atoms with E-state index in [-0.39, 0.29) is 18.2 Å². The fraction of sp³-hybridized carbons (Fsp3) is 0.909. The van der Waals surface area contributed by atoms with Crippen LogP contribution in [0, 0.1) is 0 Å². The Morgan fingerprint density at radius 3 is 2.63 bits per heavy atom. The van der Waals surface area contributed by atoms with Gasteiger partial charge >= 0.3 is 0 Å². The first-order valence-corrected chi connectivity index (χ1v) is 9.32. The Morgan fingerprint density at radius 2 is 2.05 bits per heavy atom. The summed E-state index contributed by atoms with van der Waals surface area (Å²) in [5.74, 6) is 1.36. The molecule has 0 aromatic heterocycles. The lowest BCUT2D eigenvalue weighted by molar-refractivity contribution is -0.122. The molecule has 1 aliphatic rings. The van der Waals surface area contributed by atoms with Gasteiger partial charge in [0.2, 0.25) is 15.9 Å². The van der Waals surface area contributed by atoms with Gasteiger partial charge in [-0.15, -0.1) is 0 Å². The minimum Gasteiger partial charge on any atom is -0.354 e. The summed E-state index contributed by atoms with van der Waals surface area (Å²) in [6, 6.07) is -0.543. The van der Waals surface area contributed by atoms with Gasteiger partial charge in [0.1, 0.15) is 0 Å². The molecule has 1 unspecified atom stereocenters. The smallest absolute Gasteiger partial charge is 0.236 e. The predicted octanol–water partition coefficient (Wildman–Crippen LogP) is -0.391. The van der Waals surface area contributed by atoms with Crippen molar-refractivity contribution in [1.29, 1.82) is 0 Å². The zero-order valence-electron chi connectivity index (χ0n) is 11.3. The van der Waals surface area contributed by atoms with Crippen LogP contribution in [-0.2, 0) is 14.8 Å². The third-order valence-electron chi connectivity index (χ3n) is 2.96. The Hall–Kier alpha value is -0.310. The Kier molecular flexibility index (Phi) is 7.12. The molecule has 1 fully saturated rings. The summed E-state index contributed by atoms with van der Waals surface area (Å²) in [5.41, 5.74) is 5.65.